The molecule has 29 heavy (non-hydrogen) atoms. The Morgan fingerprint density at radius 1 is 0.586 bits per heavy atom. The van der Waals surface area contributed by atoms with Crippen LogP contribution in [-0.4, -0.2) is 57.5 Å². The molecule has 0 atom stereocenters. The predicted octanol–water partition coefficient (Wildman–Crippen LogP) is 2.33. The summed E-state index contributed by atoms with van der Waals surface area (Å²) in [5.41, 5.74) is -1.50. The molecule has 0 spiro atoms. The molecule has 2 rings (SSSR count). The van der Waals surface area contributed by atoms with Gasteiger partial charge in [0.2, 0.25) is 0 Å². The lowest BCUT2D eigenvalue weighted by Gasteiger charge is -2.10. The van der Waals surface area contributed by atoms with Crippen molar-refractivity contribution in [1.82, 2.24) is 0 Å². The second-order valence-electron chi connectivity index (χ2n) is 5.69. The van der Waals surface area contributed by atoms with Crippen LogP contribution in [0.4, 0.5) is 0 Å². The molecule has 0 saturated carbocycles. The average Bonchev–Trinajstić information content (AvgIpc) is 2.67. The lowest BCUT2D eigenvalue weighted by Crippen LogP contribution is -2.10. The molecule has 0 aliphatic heterocycles. The van der Waals surface area contributed by atoms with Gasteiger partial charge in [-0.15, -0.1) is 0 Å². The summed E-state index contributed by atoms with van der Waals surface area (Å²) in [6.45, 7) is 0.231. The number of benzene rings is 2. The molecule has 0 aliphatic carbocycles. The molecule has 4 N–H and O–H groups in total. The van der Waals surface area contributed by atoms with E-state index in [4.69, 9.17) is 29.9 Å². The summed E-state index contributed by atoms with van der Waals surface area (Å²) in [5.74, 6) is -5.17. The van der Waals surface area contributed by atoms with E-state index >= 15 is 0 Å². The van der Waals surface area contributed by atoms with Crippen molar-refractivity contribution in [3.05, 3.63) is 58.7 Å². The van der Waals surface area contributed by atoms with Gasteiger partial charge in [0.1, 0.15) is 11.5 Å². The minimum absolute atomic E-state index is 0.116. The van der Waals surface area contributed by atoms with E-state index in [1.165, 1.54) is 12.1 Å². The van der Waals surface area contributed by atoms with E-state index in [-0.39, 0.29) is 35.8 Å². The summed E-state index contributed by atoms with van der Waals surface area (Å²) in [7, 11) is 0. The highest BCUT2D eigenvalue weighted by atomic mass is 16.5. The first-order valence-electron chi connectivity index (χ1n) is 8.17. The number of aromatic carboxylic acids is 4. The van der Waals surface area contributed by atoms with Gasteiger partial charge in [-0.1, -0.05) is 0 Å². The molecule has 0 saturated heterocycles. The van der Waals surface area contributed by atoms with Crippen molar-refractivity contribution in [3.8, 4) is 11.5 Å². The van der Waals surface area contributed by atoms with Gasteiger partial charge in [-0.05, 0) is 36.4 Å². The molecule has 0 unspecified atom stereocenters. The maximum atomic E-state index is 11.1. The third kappa shape index (κ3) is 5.45. The van der Waals surface area contributed by atoms with Gasteiger partial charge in [0, 0.05) is 6.42 Å². The molecule has 0 heterocycles. The van der Waals surface area contributed by atoms with Gasteiger partial charge in [0.05, 0.1) is 35.5 Å². The van der Waals surface area contributed by atoms with E-state index in [0.29, 0.717) is 6.42 Å². The molecular weight excluding hydrogens is 388 g/mol. The van der Waals surface area contributed by atoms with Crippen LogP contribution in [0.2, 0.25) is 0 Å². The Kier molecular flexibility index (Phi) is 6.75. The fraction of sp³-hybridized carbons (Fsp3) is 0.158. The summed E-state index contributed by atoms with van der Waals surface area (Å²) >= 11 is 0. The van der Waals surface area contributed by atoms with Crippen molar-refractivity contribution in [3.63, 3.8) is 0 Å². The van der Waals surface area contributed by atoms with Crippen LogP contribution in [0.25, 0.3) is 0 Å². The van der Waals surface area contributed by atoms with Crippen molar-refractivity contribution < 1.29 is 49.1 Å². The summed E-state index contributed by atoms with van der Waals surface area (Å²) < 4.78 is 10.7. The zero-order valence-electron chi connectivity index (χ0n) is 14.8. The minimum Gasteiger partial charge on any atom is -0.493 e. The molecule has 0 fully saturated rings. The van der Waals surface area contributed by atoms with Crippen LogP contribution in [0.1, 0.15) is 47.9 Å². The molecule has 10 heteroatoms. The van der Waals surface area contributed by atoms with Crippen molar-refractivity contribution >= 4 is 23.9 Å². The minimum atomic E-state index is -1.39. The Labute approximate surface area is 163 Å². The highest BCUT2D eigenvalue weighted by molar-refractivity contribution is 6.02. The quantitative estimate of drug-likeness (QED) is 0.431. The van der Waals surface area contributed by atoms with E-state index < -0.39 is 35.0 Å². The SMILES string of the molecule is O=C(O)c1ccc(OCCCOc2ccc(C(=O)O)c(C(=O)O)c2)cc1C(=O)O. The fourth-order valence-corrected chi connectivity index (χ4v) is 2.39. The van der Waals surface area contributed by atoms with Crippen molar-refractivity contribution in [1.29, 1.82) is 0 Å². The largest absolute Gasteiger partial charge is 0.493 e. The number of hydrogen-bond donors (Lipinski definition) is 4. The molecule has 0 radical (unpaired) electrons. The molecule has 0 bridgehead atoms. The Morgan fingerprint density at radius 3 is 1.24 bits per heavy atom. The highest BCUT2D eigenvalue weighted by Crippen LogP contribution is 2.20. The number of carboxylic acids is 4. The third-order valence-corrected chi connectivity index (χ3v) is 3.73. The Morgan fingerprint density at radius 2 is 0.931 bits per heavy atom. The summed E-state index contributed by atoms with van der Waals surface area (Å²) in [6, 6.07) is 7.15. The molecule has 152 valence electrons. The van der Waals surface area contributed by atoms with E-state index in [2.05, 4.69) is 0 Å². The van der Waals surface area contributed by atoms with E-state index in [1.807, 2.05) is 0 Å². The first kappa shape index (κ1) is 21.2. The van der Waals surface area contributed by atoms with Gasteiger partial charge in [-0.3, -0.25) is 0 Å². The summed E-state index contributed by atoms with van der Waals surface area (Å²) in [5, 5.41) is 36.1. The predicted molar refractivity (Wildman–Crippen MR) is 96.3 cm³/mol. The standard InChI is InChI=1S/C19H16O10/c20-16(21)12-4-2-10(8-14(12)18(24)25)28-6-1-7-29-11-3-5-13(17(22)23)15(9-11)19(26)27/h2-5,8-9H,1,6-7H2,(H,20,21)(H,22,23)(H,24,25)(H,26,27). The Bertz CT molecular complexity index is 886. The van der Waals surface area contributed by atoms with Gasteiger partial charge in [-0.2, -0.15) is 0 Å². The van der Waals surface area contributed by atoms with Gasteiger partial charge in [-0.25, -0.2) is 19.2 Å². The number of hydrogen-bond acceptors (Lipinski definition) is 6. The molecular formula is C19H16O10. The van der Waals surface area contributed by atoms with E-state index in [0.717, 1.165) is 24.3 Å². The smallest absolute Gasteiger partial charge is 0.336 e. The monoisotopic (exact) mass is 404 g/mol. The number of carboxylic acid groups (broad SMARTS) is 4. The first-order chi connectivity index (χ1) is 13.7. The molecule has 10 nitrogen and oxygen atoms in total. The highest BCUT2D eigenvalue weighted by Gasteiger charge is 2.18. The zero-order chi connectivity index (χ0) is 21.6. The normalized spacial score (nSPS) is 10.2. The first-order valence-corrected chi connectivity index (χ1v) is 8.17. The van der Waals surface area contributed by atoms with Crippen LogP contribution in [0.5, 0.6) is 11.5 Å². The van der Waals surface area contributed by atoms with Crippen LogP contribution < -0.4 is 9.47 Å². The lowest BCUT2D eigenvalue weighted by molar-refractivity contribution is 0.0651. The van der Waals surface area contributed by atoms with Gasteiger partial charge < -0.3 is 29.9 Å². The Hall–Kier alpha value is -4.08. The van der Waals surface area contributed by atoms with Gasteiger partial charge >= 0.3 is 23.9 Å². The van der Waals surface area contributed by atoms with Crippen LogP contribution in [0, 0.1) is 0 Å². The number of rotatable bonds is 10. The second kappa shape index (κ2) is 9.22. The zero-order valence-corrected chi connectivity index (χ0v) is 14.8. The average molecular weight is 404 g/mol. The molecule has 2 aromatic carbocycles. The maximum absolute atomic E-state index is 11.1. The summed E-state index contributed by atoms with van der Waals surface area (Å²) in [4.78, 5) is 44.3. The Balaban J connectivity index is 1.92. The van der Waals surface area contributed by atoms with Gasteiger partial charge in [0.15, 0.2) is 0 Å². The van der Waals surface area contributed by atoms with Gasteiger partial charge in [0.25, 0.3) is 0 Å². The van der Waals surface area contributed by atoms with Crippen LogP contribution in [0.15, 0.2) is 36.4 Å². The van der Waals surface area contributed by atoms with Crippen LogP contribution in [-0.2, 0) is 0 Å². The molecule has 0 amide bonds. The summed E-state index contributed by atoms with van der Waals surface area (Å²) in [6.07, 6.45) is 0.339. The topological polar surface area (TPSA) is 168 Å². The van der Waals surface area contributed by atoms with E-state index in [9.17, 15) is 19.2 Å². The second-order valence-corrected chi connectivity index (χ2v) is 5.69. The molecule has 0 aromatic heterocycles. The van der Waals surface area contributed by atoms with Crippen molar-refractivity contribution in [2.75, 3.05) is 13.2 Å². The van der Waals surface area contributed by atoms with Crippen molar-refractivity contribution in [2.24, 2.45) is 0 Å². The van der Waals surface area contributed by atoms with E-state index in [1.54, 1.807) is 0 Å². The molecule has 0 aliphatic rings. The maximum Gasteiger partial charge on any atom is 0.336 e. The van der Waals surface area contributed by atoms with Crippen LogP contribution >= 0.6 is 0 Å². The van der Waals surface area contributed by atoms with Crippen LogP contribution in [0.3, 0.4) is 0 Å². The fourth-order valence-electron chi connectivity index (χ4n) is 2.39. The number of ether oxygens (including phenoxy) is 2. The molecule has 2 aromatic rings. The van der Waals surface area contributed by atoms with Crippen molar-refractivity contribution in [2.45, 2.75) is 6.42 Å². The third-order valence-electron chi connectivity index (χ3n) is 3.73. The number of carbonyl (C=O) groups is 4. The lowest BCUT2D eigenvalue weighted by atomic mass is 10.1.